The molecular formula is C33H41N7O5. The number of hydrogen-bond donors (Lipinski definition) is 2. The lowest BCUT2D eigenvalue weighted by atomic mass is 9.71. The number of hydrogen-bond acceptors (Lipinski definition) is 9. The Kier molecular flexibility index (Phi) is 8.84. The van der Waals surface area contributed by atoms with E-state index in [1.165, 1.54) is 7.05 Å². The second kappa shape index (κ2) is 13.0. The van der Waals surface area contributed by atoms with E-state index in [1.807, 2.05) is 24.4 Å². The topological polar surface area (TPSA) is 135 Å². The summed E-state index contributed by atoms with van der Waals surface area (Å²) in [5.41, 5.74) is 2.99. The van der Waals surface area contributed by atoms with Crippen LogP contribution in [0.2, 0.25) is 0 Å². The third kappa shape index (κ3) is 6.15. The van der Waals surface area contributed by atoms with Gasteiger partial charge in [-0.25, -0.2) is 4.98 Å². The lowest BCUT2D eigenvalue weighted by Gasteiger charge is -2.55. The minimum Gasteiger partial charge on any atom is -0.371 e. The highest BCUT2D eigenvalue weighted by Gasteiger charge is 2.46. The summed E-state index contributed by atoms with van der Waals surface area (Å²) >= 11 is 0. The smallest absolute Gasteiger partial charge is 0.262 e. The van der Waals surface area contributed by atoms with Crippen LogP contribution in [-0.2, 0) is 14.4 Å². The molecule has 0 bridgehead atoms. The van der Waals surface area contributed by atoms with Crippen LogP contribution in [0.3, 0.4) is 0 Å². The zero-order valence-electron chi connectivity index (χ0n) is 25.7. The number of anilines is 3. The van der Waals surface area contributed by atoms with Gasteiger partial charge in [0, 0.05) is 65.0 Å². The maximum atomic E-state index is 13.3. The molecule has 6 rings (SSSR count). The predicted molar refractivity (Wildman–Crippen MR) is 169 cm³/mol. The van der Waals surface area contributed by atoms with E-state index in [1.54, 1.807) is 12.1 Å². The van der Waals surface area contributed by atoms with Gasteiger partial charge >= 0.3 is 0 Å². The monoisotopic (exact) mass is 615 g/mol. The van der Waals surface area contributed by atoms with E-state index in [0.717, 1.165) is 87.8 Å². The van der Waals surface area contributed by atoms with Gasteiger partial charge in [0.1, 0.15) is 18.1 Å². The molecular weight excluding hydrogens is 574 g/mol. The Morgan fingerprint density at radius 1 is 0.978 bits per heavy atom. The van der Waals surface area contributed by atoms with Crippen LogP contribution in [0.25, 0.3) is 0 Å². The van der Waals surface area contributed by atoms with Crippen LogP contribution in [0.4, 0.5) is 17.2 Å². The molecule has 1 unspecified atom stereocenters. The van der Waals surface area contributed by atoms with Crippen molar-refractivity contribution in [1.82, 2.24) is 20.1 Å². The summed E-state index contributed by atoms with van der Waals surface area (Å²) in [6.07, 6.45) is 7.82. The standard InChI is InChI=1S/C33H41N7O5/c1-34-30(43)28(3-2-16-41)40-31(44)26-6-4-24(17-27(26)32(40)45)39-14-10-33(11-15-39)20-37(21-33)19-23-8-12-38(13-9-23)25-5-7-29(35-18-25)36-22-42/h4-7,16-18,22-23,28H,2-3,8-15,19-21H2,1H3,(H,34,43)(H,35,36,42). The maximum absolute atomic E-state index is 13.3. The molecule has 4 aliphatic rings. The first-order valence-corrected chi connectivity index (χ1v) is 15.9. The predicted octanol–water partition coefficient (Wildman–Crippen LogP) is 2.16. The fourth-order valence-corrected chi connectivity index (χ4v) is 7.54. The molecule has 0 aliphatic carbocycles. The van der Waals surface area contributed by atoms with Crippen molar-refractivity contribution in [2.45, 2.75) is 44.6 Å². The number of likely N-dealkylation sites (tertiary alicyclic amines) is 1. The van der Waals surface area contributed by atoms with Gasteiger partial charge in [0.05, 0.1) is 23.0 Å². The number of pyridine rings is 1. The normalized spacial score (nSPS) is 20.5. The number of nitrogens with zero attached hydrogens (tertiary/aromatic N) is 5. The molecule has 5 heterocycles. The van der Waals surface area contributed by atoms with E-state index >= 15 is 0 Å². The number of rotatable bonds is 11. The summed E-state index contributed by atoms with van der Waals surface area (Å²) in [6.45, 7) is 7.21. The second-order valence-electron chi connectivity index (χ2n) is 12.8. The first-order valence-electron chi connectivity index (χ1n) is 15.9. The number of aromatic nitrogens is 1. The van der Waals surface area contributed by atoms with Gasteiger partial charge < -0.3 is 30.1 Å². The van der Waals surface area contributed by atoms with Gasteiger partial charge in [0.15, 0.2) is 0 Å². The van der Waals surface area contributed by atoms with Crippen LogP contribution in [0.1, 0.15) is 59.2 Å². The first-order chi connectivity index (χ1) is 21.8. The summed E-state index contributed by atoms with van der Waals surface area (Å²) in [5, 5.41) is 5.09. The summed E-state index contributed by atoms with van der Waals surface area (Å²) in [4.78, 5) is 73.1. The Balaban J connectivity index is 0.983. The van der Waals surface area contributed by atoms with Crippen molar-refractivity contribution in [1.29, 1.82) is 0 Å². The molecule has 1 aromatic heterocycles. The van der Waals surface area contributed by atoms with Crippen molar-refractivity contribution in [3.63, 3.8) is 0 Å². The Bertz CT molecular complexity index is 1440. The first kappa shape index (κ1) is 30.7. The molecule has 1 aromatic carbocycles. The van der Waals surface area contributed by atoms with Crippen molar-refractivity contribution in [3.05, 3.63) is 47.7 Å². The molecule has 0 radical (unpaired) electrons. The lowest BCUT2D eigenvalue weighted by molar-refractivity contribution is -0.124. The highest BCUT2D eigenvalue weighted by atomic mass is 16.2. The van der Waals surface area contributed by atoms with Gasteiger partial charge in [0.25, 0.3) is 11.8 Å². The van der Waals surface area contributed by atoms with Crippen molar-refractivity contribution in [2.75, 3.05) is 68.0 Å². The number of aldehydes is 1. The molecule has 3 fully saturated rings. The molecule has 0 saturated carbocycles. The van der Waals surface area contributed by atoms with Gasteiger partial charge in [-0.2, -0.15) is 0 Å². The largest absolute Gasteiger partial charge is 0.371 e. The molecule has 3 saturated heterocycles. The van der Waals surface area contributed by atoms with E-state index < -0.39 is 23.8 Å². The number of carbonyl (C=O) groups is 5. The van der Waals surface area contributed by atoms with E-state index in [0.29, 0.717) is 41.0 Å². The summed E-state index contributed by atoms with van der Waals surface area (Å²) in [5.74, 6) is -0.172. The summed E-state index contributed by atoms with van der Waals surface area (Å²) in [7, 11) is 1.46. The molecule has 1 atom stereocenters. The van der Waals surface area contributed by atoms with E-state index in [4.69, 9.17) is 0 Å². The van der Waals surface area contributed by atoms with Gasteiger partial charge in [-0.05, 0) is 73.8 Å². The van der Waals surface area contributed by atoms with Crippen molar-refractivity contribution < 1.29 is 24.0 Å². The number of nitrogens with one attached hydrogen (secondary N) is 2. The number of fused-ring (bicyclic) bond motifs is 1. The Morgan fingerprint density at radius 2 is 1.67 bits per heavy atom. The Hall–Kier alpha value is -4.32. The number of piperidine rings is 2. The number of imide groups is 1. The molecule has 1 spiro atoms. The highest BCUT2D eigenvalue weighted by Crippen LogP contribution is 2.42. The summed E-state index contributed by atoms with van der Waals surface area (Å²) < 4.78 is 0. The van der Waals surface area contributed by atoms with Crippen LogP contribution in [0.15, 0.2) is 36.5 Å². The number of amides is 4. The third-order valence-electron chi connectivity index (χ3n) is 10.1. The minimum absolute atomic E-state index is 0.0824. The van der Waals surface area contributed by atoms with Crippen molar-refractivity contribution in [2.24, 2.45) is 11.3 Å². The highest BCUT2D eigenvalue weighted by molar-refractivity contribution is 6.23. The van der Waals surface area contributed by atoms with Crippen molar-refractivity contribution in [3.8, 4) is 0 Å². The molecule has 4 aliphatic heterocycles. The number of likely N-dealkylation sites (N-methyl/N-ethyl adjacent to an activating group) is 1. The van der Waals surface area contributed by atoms with E-state index in [2.05, 4.69) is 30.3 Å². The van der Waals surface area contributed by atoms with Crippen LogP contribution in [-0.4, -0.2) is 104 Å². The lowest BCUT2D eigenvalue weighted by Crippen LogP contribution is -2.61. The molecule has 12 nitrogen and oxygen atoms in total. The van der Waals surface area contributed by atoms with Crippen LogP contribution in [0.5, 0.6) is 0 Å². The van der Waals surface area contributed by atoms with Gasteiger partial charge in [-0.1, -0.05) is 0 Å². The second-order valence-corrected chi connectivity index (χ2v) is 12.8. The molecule has 45 heavy (non-hydrogen) atoms. The van der Waals surface area contributed by atoms with Crippen molar-refractivity contribution >= 4 is 47.6 Å². The average Bonchev–Trinajstić information content (AvgIpc) is 3.30. The molecule has 2 aromatic rings. The Morgan fingerprint density at radius 3 is 2.31 bits per heavy atom. The van der Waals surface area contributed by atoms with Gasteiger partial charge in [-0.3, -0.25) is 24.1 Å². The average molecular weight is 616 g/mol. The third-order valence-corrected chi connectivity index (χ3v) is 10.1. The quantitative estimate of drug-likeness (QED) is 0.288. The fraction of sp³-hybridized carbons (Fsp3) is 0.515. The molecule has 2 N–H and O–H groups in total. The summed E-state index contributed by atoms with van der Waals surface area (Å²) in [6, 6.07) is 8.23. The molecule has 12 heteroatoms. The van der Waals surface area contributed by atoms with E-state index in [9.17, 15) is 24.0 Å². The number of benzene rings is 1. The molecule has 238 valence electrons. The zero-order valence-corrected chi connectivity index (χ0v) is 25.7. The van der Waals surface area contributed by atoms with Crippen LogP contribution in [0, 0.1) is 11.3 Å². The fourth-order valence-electron chi connectivity index (χ4n) is 7.54. The SMILES string of the molecule is CNC(=O)C(CCC=O)N1C(=O)c2ccc(N3CCC4(CC3)CN(CC3CCN(c5ccc(NC=O)nc5)CC3)C4)cc2C1=O. The Labute approximate surface area is 263 Å². The molecule has 4 amide bonds. The maximum Gasteiger partial charge on any atom is 0.262 e. The number of carbonyl (C=O) groups excluding carboxylic acids is 5. The van der Waals surface area contributed by atoms with Gasteiger partial charge in [0.2, 0.25) is 12.3 Å². The van der Waals surface area contributed by atoms with Crippen LogP contribution < -0.4 is 20.4 Å². The van der Waals surface area contributed by atoms with E-state index in [-0.39, 0.29) is 12.8 Å². The van der Waals surface area contributed by atoms with Gasteiger partial charge in [-0.15, -0.1) is 0 Å². The minimum atomic E-state index is -1.01. The zero-order chi connectivity index (χ0) is 31.6. The van der Waals surface area contributed by atoms with Crippen LogP contribution >= 0.6 is 0 Å².